The van der Waals surface area contributed by atoms with Crippen LogP contribution in [0.25, 0.3) is 0 Å². The van der Waals surface area contributed by atoms with Gasteiger partial charge >= 0.3 is 0 Å². The van der Waals surface area contributed by atoms with E-state index in [4.69, 9.17) is 5.14 Å². The Balaban J connectivity index is 1.93. The lowest BCUT2D eigenvalue weighted by atomic mass is 10.1. The van der Waals surface area contributed by atoms with Gasteiger partial charge < -0.3 is 9.88 Å². The quantitative estimate of drug-likeness (QED) is 0.671. The molecule has 1 heterocycles. The summed E-state index contributed by atoms with van der Waals surface area (Å²) in [5.74, 6) is -0.286. The molecular weight excluding hydrogens is 386 g/mol. The van der Waals surface area contributed by atoms with E-state index in [1.165, 1.54) is 12.1 Å². The number of benzene rings is 2. The average molecular weight is 412 g/mol. The van der Waals surface area contributed by atoms with Crippen LogP contribution in [0.15, 0.2) is 53.4 Å². The van der Waals surface area contributed by atoms with Crippen LogP contribution in [-0.2, 0) is 16.6 Å². The van der Waals surface area contributed by atoms with Gasteiger partial charge in [-0.25, -0.2) is 13.6 Å². The molecule has 0 saturated heterocycles. The van der Waals surface area contributed by atoms with Crippen LogP contribution >= 0.6 is 0 Å². The van der Waals surface area contributed by atoms with Crippen molar-refractivity contribution in [2.75, 3.05) is 5.32 Å². The Bertz CT molecular complexity index is 1180. The van der Waals surface area contributed by atoms with Crippen molar-refractivity contribution in [3.8, 4) is 0 Å². The van der Waals surface area contributed by atoms with E-state index in [1.807, 2.05) is 57.2 Å². The molecule has 29 heavy (non-hydrogen) atoms. The van der Waals surface area contributed by atoms with Gasteiger partial charge in [-0.3, -0.25) is 4.79 Å². The summed E-state index contributed by atoms with van der Waals surface area (Å²) in [6, 6.07) is 14.8. The Labute approximate surface area is 171 Å². The number of nitrogens with one attached hydrogen (secondary N) is 1. The Morgan fingerprint density at radius 1 is 1.03 bits per heavy atom. The van der Waals surface area contributed by atoms with Crippen LogP contribution in [0.5, 0.6) is 0 Å². The fraction of sp³-hybridized carbons (Fsp3) is 0.227. The van der Waals surface area contributed by atoms with Crippen molar-refractivity contribution in [2.24, 2.45) is 5.14 Å². The number of carbonyl (C=O) groups excluding carboxylic acids is 1. The molecule has 7 heteroatoms. The molecule has 0 bridgehead atoms. The van der Waals surface area contributed by atoms with Gasteiger partial charge in [-0.1, -0.05) is 30.3 Å². The zero-order chi connectivity index (χ0) is 21.3. The van der Waals surface area contributed by atoms with Gasteiger partial charge in [-0.15, -0.1) is 0 Å². The molecule has 0 fully saturated rings. The summed E-state index contributed by atoms with van der Waals surface area (Å²) in [5.41, 5.74) is 5.49. The molecule has 3 rings (SSSR count). The summed E-state index contributed by atoms with van der Waals surface area (Å²) in [5, 5.41) is 8.12. The monoisotopic (exact) mass is 411 g/mol. The third-order valence-corrected chi connectivity index (χ3v) is 6.11. The van der Waals surface area contributed by atoms with E-state index in [0.29, 0.717) is 17.8 Å². The summed E-state index contributed by atoms with van der Waals surface area (Å²) in [6.45, 7) is 8.15. The van der Waals surface area contributed by atoms with Crippen molar-refractivity contribution in [1.29, 1.82) is 0 Å². The normalized spacial score (nSPS) is 11.5. The highest BCUT2D eigenvalue weighted by Crippen LogP contribution is 2.25. The molecule has 0 saturated carbocycles. The fourth-order valence-electron chi connectivity index (χ4n) is 3.35. The van der Waals surface area contributed by atoms with Gasteiger partial charge in [0, 0.05) is 23.6 Å². The van der Waals surface area contributed by atoms with Crippen molar-refractivity contribution < 1.29 is 13.2 Å². The summed E-state index contributed by atoms with van der Waals surface area (Å²) < 4.78 is 25.6. The summed E-state index contributed by atoms with van der Waals surface area (Å²) >= 11 is 0. The molecule has 3 aromatic rings. The lowest BCUT2D eigenvalue weighted by molar-refractivity contribution is 0.102. The number of amides is 1. The van der Waals surface area contributed by atoms with Crippen molar-refractivity contribution in [3.63, 3.8) is 0 Å². The third-order valence-electron chi connectivity index (χ3n) is 5.22. The number of hydrogen-bond donors (Lipinski definition) is 2. The van der Waals surface area contributed by atoms with Crippen LogP contribution in [0.4, 0.5) is 5.69 Å². The van der Waals surface area contributed by atoms with Crippen LogP contribution < -0.4 is 10.5 Å². The first-order valence-electron chi connectivity index (χ1n) is 9.24. The minimum atomic E-state index is -3.87. The fourth-order valence-corrected chi connectivity index (χ4v) is 3.97. The van der Waals surface area contributed by atoms with Crippen molar-refractivity contribution in [3.05, 3.63) is 82.2 Å². The first kappa shape index (κ1) is 20.8. The van der Waals surface area contributed by atoms with E-state index in [2.05, 4.69) is 9.88 Å². The molecule has 1 amide bonds. The minimum absolute atomic E-state index is 0.0227. The highest BCUT2D eigenvalue weighted by molar-refractivity contribution is 7.89. The van der Waals surface area contributed by atoms with Crippen LogP contribution in [0, 0.1) is 27.7 Å². The molecule has 0 aliphatic rings. The van der Waals surface area contributed by atoms with Crippen LogP contribution in [-0.4, -0.2) is 18.9 Å². The number of aromatic nitrogens is 1. The predicted octanol–water partition coefficient (Wildman–Crippen LogP) is 3.67. The van der Waals surface area contributed by atoms with E-state index in [-0.39, 0.29) is 10.8 Å². The first-order valence-corrected chi connectivity index (χ1v) is 10.8. The summed E-state index contributed by atoms with van der Waals surface area (Å²) in [6.07, 6.45) is 0. The largest absolute Gasteiger partial charge is 0.344 e. The second kappa shape index (κ2) is 7.85. The molecule has 0 radical (unpaired) electrons. The maximum Gasteiger partial charge on any atom is 0.257 e. The number of sulfonamides is 1. The number of primary sulfonamides is 1. The van der Waals surface area contributed by atoms with Crippen LogP contribution in [0.2, 0.25) is 0 Å². The second-order valence-electron chi connectivity index (χ2n) is 7.27. The van der Waals surface area contributed by atoms with Gasteiger partial charge in [0.15, 0.2) is 0 Å². The Kier molecular flexibility index (Phi) is 5.64. The van der Waals surface area contributed by atoms with Gasteiger partial charge in [0.25, 0.3) is 5.91 Å². The van der Waals surface area contributed by atoms with E-state index >= 15 is 0 Å². The number of rotatable bonds is 5. The van der Waals surface area contributed by atoms with Crippen LogP contribution in [0.3, 0.4) is 0 Å². The first-order chi connectivity index (χ1) is 13.6. The van der Waals surface area contributed by atoms with Gasteiger partial charge in [-0.2, -0.15) is 0 Å². The highest BCUT2D eigenvalue weighted by Gasteiger charge is 2.19. The molecular formula is C22H25N3O3S. The Hall–Kier alpha value is -2.90. The van der Waals surface area contributed by atoms with Gasteiger partial charge in [0.05, 0.1) is 10.5 Å². The van der Waals surface area contributed by atoms with Crippen molar-refractivity contribution >= 4 is 21.6 Å². The number of hydrogen-bond acceptors (Lipinski definition) is 3. The topological polar surface area (TPSA) is 94.2 Å². The molecule has 3 N–H and O–H groups in total. The molecule has 0 aliphatic heterocycles. The summed E-state index contributed by atoms with van der Waals surface area (Å²) in [7, 11) is -3.87. The van der Waals surface area contributed by atoms with E-state index in [1.54, 1.807) is 6.92 Å². The number of anilines is 1. The maximum atomic E-state index is 13.0. The third kappa shape index (κ3) is 4.41. The second-order valence-corrected chi connectivity index (χ2v) is 8.83. The number of carbonyl (C=O) groups is 1. The predicted molar refractivity (Wildman–Crippen MR) is 115 cm³/mol. The standard InChI is InChI=1S/C22H25N3O3S/c1-14-10-19(29(23,27)28)12-21(16(14)3)24-22(26)20-11-15(2)25(17(20)4)13-18-8-6-5-7-9-18/h5-12H,13H2,1-4H3,(H,24,26)(H2,23,27,28). The zero-order valence-corrected chi connectivity index (χ0v) is 17.8. The molecule has 1 aromatic heterocycles. The van der Waals surface area contributed by atoms with Crippen molar-refractivity contribution in [1.82, 2.24) is 4.57 Å². The van der Waals surface area contributed by atoms with E-state index in [9.17, 15) is 13.2 Å². The lowest BCUT2D eigenvalue weighted by Gasteiger charge is -2.13. The van der Waals surface area contributed by atoms with E-state index < -0.39 is 10.0 Å². The molecule has 6 nitrogen and oxygen atoms in total. The SMILES string of the molecule is Cc1cc(S(N)(=O)=O)cc(NC(=O)c2cc(C)n(Cc3ccccc3)c2C)c1C. The molecule has 0 unspecified atom stereocenters. The molecule has 152 valence electrons. The van der Waals surface area contributed by atoms with Gasteiger partial charge in [0.1, 0.15) is 0 Å². The molecule has 0 aliphatic carbocycles. The zero-order valence-electron chi connectivity index (χ0n) is 17.0. The lowest BCUT2D eigenvalue weighted by Crippen LogP contribution is -2.17. The van der Waals surface area contributed by atoms with Crippen molar-refractivity contribution in [2.45, 2.75) is 39.1 Å². The Morgan fingerprint density at radius 2 is 1.69 bits per heavy atom. The van der Waals surface area contributed by atoms with Gasteiger partial charge in [0.2, 0.25) is 10.0 Å². The number of nitrogens with zero attached hydrogens (tertiary/aromatic N) is 1. The van der Waals surface area contributed by atoms with Crippen LogP contribution in [0.1, 0.15) is 38.4 Å². The average Bonchev–Trinajstić information content (AvgIpc) is 2.93. The molecule has 0 spiro atoms. The highest BCUT2D eigenvalue weighted by atomic mass is 32.2. The van der Waals surface area contributed by atoms with Gasteiger partial charge in [-0.05, 0) is 62.6 Å². The maximum absolute atomic E-state index is 13.0. The minimum Gasteiger partial charge on any atom is -0.344 e. The van der Waals surface area contributed by atoms with E-state index in [0.717, 1.165) is 28.1 Å². The number of aryl methyl sites for hydroxylation is 2. The smallest absolute Gasteiger partial charge is 0.257 e. The summed E-state index contributed by atoms with van der Waals surface area (Å²) in [4.78, 5) is 12.9. The molecule has 2 aromatic carbocycles. The Morgan fingerprint density at radius 3 is 2.31 bits per heavy atom. The number of nitrogens with two attached hydrogens (primary N) is 1. The molecule has 0 atom stereocenters.